The Morgan fingerprint density at radius 2 is 1.58 bits per heavy atom. The molecule has 6 aliphatic rings. The van der Waals surface area contributed by atoms with E-state index < -0.39 is 6.29 Å². The number of rotatable bonds is 9. The average Bonchev–Trinajstić information content (AvgIpc) is 3.11. The van der Waals surface area contributed by atoms with Crippen LogP contribution in [0.15, 0.2) is 60.7 Å². The standard InChI is InChI=1S/C41H51N3O6/c1-25-37(23-44-12-11-31-17-35(47-2)36(48-3)18-33(31)22-44)49-39(50-38(25)30-9-7-26(24-45)8-10-30)32-5-4-6-34(16-32)42-40(46)43-41-19-27-13-28(20-41)15-29(14-27)21-41/h4-10,16-18,25,27-29,37-39,45H,11-15,19-24H2,1-3H3,(H2,42,43,46). The lowest BCUT2D eigenvalue weighted by Gasteiger charge is -2.56. The van der Waals surface area contributed by atoms with Crippen LogP contribution in [0.25, 0.3) is 0 Å². The second-order valence-corrected chi connectivity index (χ2v) is 15.7. The molecule has 4 unspecified atom stereocenters. The molecule has 1 saturated heterocycles. The molecule has 266 valence electrons. The molecule has 2 heterocycles. The Labute approximate surface area is 295 Å². The van der Waals surface area contributed by atoms with Gasteiger partial charge in [0.15, 0.2) is 17.8 Å². The zero-order chi connectivity index (χ0) is 34.4. The topological polar surface area (TPSA) is 102 Å². The summed E-state index contributed by atoms with van der Waals surface area (Å²) in [5, 5.41) is 16.3. The second-order valence-electron chi connectivity index (χ2n) is 15.7. The van der Waals surface area contributed by atoms with E-state index in [1.165, 1.54) is 30.4 Å². The van der Waals surface area contributed by atoms with Gasteiger partial charge in [-0.2, -0.15) is 0 Å². The molecule has 50 heavy (non-hydrogen) atoms. The molecule has 9 rings (SSSR count). The van der Waals surface area contributed by atoms with Gasteiger partial charge in [-0.25, -0.2) is 4.79 Å². The molecule has 0 radical (unpaired) electrons. The predicted octanol–water partition coefficient (Wildman–Crippen LogP) is 7.14. The van der Waals surface area contributed by atoms with E-state index in [9.17, 15) is 9.90 Å². The van der Waals surface area contributed by atoms with E-state index in [-0.39, 0.29) is 36.3 Å². The van der Waals surface area contributed by atoms with Gasteiger partial charge < -0.3 is 34.7 Å². The maximum atomic E-state index is 13.4. The third kappa shape index (κ3) is 6.73. The van der Waals surface area contributed by atoms with Crippen LogP contribution >= 0.6 is 0 Å². The summed E-state index contributed by atoms with van der Waals surface area (Å²) >= 11 is 0. The fourth-order valence-corrected chi connectivity index (χ4v) is 10.1. The van der Waals surface area contributed by atoms with E-state index in [1.807, 2.05) is 36.4 Å². The number of nitrogens with one attached hydrogen (secondary N) is 2. The van der Waals surface area contributed by atoms with E-state index in [1.54, 1.807) is 14.2 Å². The van der Waals surface area contributed by atoms with Crippen molar-refractivity contribution < 1.29 is 28.8 Å². The van der Waals surface area contributed by atoms with Gasteiger partial charge in [0.2, 0.25) is 0 Å². The Bertz CT molecular complexity index is 1660. The summed E-state index contributed by atoms with van der Waals surface area (Å²) in [5.74, 6) is 3.86. The Kier molecular flexibility index (Phi) is 9.27. The van der Waals surface area contributed by atoms with Crippen LogP contribution in [0.1, 0.15) is 85.7 Å². The molecule has 4 saturated carbocycles. The van der Waals surface area contributed by atoms with Crippen molar-refractivity contribution in [2.45, 2.75) is 89.1 Å². The summed E-state index contributed by atoms with van der Waals surface area (Å²) in [6.07, 6.45) is 7.32. The predicted molar refractivity (Wildman–Crippen MR) is 191 cm³/mol. The Hall–Kier alpha value is -3.63. The summed E-state index contributed by atoms with van der Waals surface area (Å²) in [4.78, 5) is 15.9. The molecule has 3 aromatic carbocycles. The SMILES string of the molecule is COc1cc2c(cc1OC)CN(CC1OC(c3cccc(NC(=O)NC45CC6CC(CC(C6)C4)C5)c3)OC(c3ccc(CO)cc3)C1C)CC2. The fourth-order valence-electron chi connectivity index (χ4n) is 10.1. The maximum absolute atomic E-state index is 13.4. The first-order valence-electron chi connectivity index (χ1n) is 18.5. The van der Waals surface area contributed by atoms with Crippen molar-refractivity contribution >= 4 is 11.7 Å². The number of benzene rings is 3. The number of hydrogen-bond donors (Lipinski definition) is 3. The van der Waals surface area contributed by atoms with Gasteiger partial charge in [0, 0.05) is 42.3 Å². The number of urea groups is 1. The van der Waals surface area contributed by atoms with Crippen LogP contribution in [-0.2, 0) is 29.0 Å². The first-order chi connectivity index (χ1) is 24.3. The first-order valence-corrected chi connectivity index (χ1v) is 18.5. The Morgan fingerprint density at radius 1 is 0.900 bits per heavy atom. The Balaban J connectivity index is 1.00. The number of nitrogens with zero attached hydrogens (tertiary/aromatic N) is 1. The highest BCUT2D eigenvalue weighted by atomic mass is 16.7. The molecule has 5 fully saturated rings. The minimum Gasteiger partial charge on any atom is -0.493 e. The van der Waals surface area contributed by atoms with Gasteiger partial charge in [0.25, 0.3) is 0 Å². The third-order valence-corrected chi connectivity index (χ3v) is 12.2. The van der Waals surface area contributed by atoms with Crippen LogP contribution in [0, 0.1) is 23.7 Å². The van der Waals surface area contributed by atoms with Crippen LogP contribution in [0.5, 0.6) is 11.5 Å². The molecule has 2 aliphatic heterocycles. The number of aliphatic hydroxyl groups is 1. The van der Waals surface area contributed by atoms with Crippen molar-refractivity contribution in [3.8, 4) is 11.5 Å². The van der Waals surface area contributed by atoms with Crippen LogP contribution < -0.4 is 20.1 Å². The molecule has 9 nitrogen and oxygen atoms in total. The Morgan fingerprint density at radius 3 is 2.24 bits per heavy atom. The fraction of sp³-hybridized carbons (Fsp3) is 0.537. The van der Waals surface area contributed by atoms with Crippen LogP contribution in [0.3, 0.4) is 0 Å². The zero-order valence-electron chi connectivity index (χ0n) is 29.5. The van der Waals surface area contributed by atoms with Crippen molar-refractivity contribution in [1.82, 2.24) is 10.2 Å². The van der Waals surface area contributed by atoms with Crippen LogP contribution in [0.4, 0.5) is 10.5 Å². The highest BCUT2D eigenvalue weighted by Gasteiger charge is 2.51. The molecule has 4 aliphatic carbocycles. The molecule has 0 aromatic heterocycles. The second kappa shape index (κ2) is 13.8. The number of amides is 2. The maximum Gasteiger partial charge on any atom is 0.319 e. The largest absolute Gasteiger partial charge is 0.493 e. The number of hydrogen-bond acceptors (Lipinski definition) is 7. The van der Waals surface area contributed by atoms with Gasteiger partial charge in [-0.05, 0) is 109 Å². The number of methoxy groups -OCH3 is 2. The van der Waals surface area contributed by atoms with Gasteiger partial charge in [0.1, 0.15) is 0 Å². The lowest BCUT2D eigenvalue weighted by atomic mass is 9.53. The number of ether oxygens (including phenoxy) is 4. The van der Waals surface area contributed by atoms with Crippen molar-refractivity contribution in [2.75, 3.05) is 32.6 Å². The zero-order valence-corrected chi connectivity index (χ0v) is 29.5. The summed E-state index contributed by atoms with van der Waals surface area (Å²) in [7, 11) is 3.35. The van der Waals surface area contributed by atoms with Crippen LogP contribution in [-0.4, -0.2) is 55.0 Å². The van der Waals surface area contributed by atoms with Crippen molar-refractivity contribution in [2.24, 2.45) is 23.7 Å². The minimum absolute atomic E-state index is 0.000946. The average molecular weight is 682 g/mol. The lowest BCUT2D eigenvalue weighted by molar-refractivity contribution is -0.276. The van der Waals surface area contributed by atoms with E-state index in [0.29, 0.717) is 0 Å². The molecule has 4 bridgehead atoms. The van der Waals surface area contributed by atoms with Gasteiger partial charge in [-0.1, -0.05) is 43.3 Å². The first kappa shape index (κ1) is 33.5. The molecule has 9 heteroatoms. The molecule has 3 N–H and O–H groups in total. The molecular weight excluding hydrogens is 630 g/mol. The van der Waals surface area contributed by atoms with E-state index in [2.05, 4.69) is 46.7 Å². The normalized spacial score (nSPS) is 31.6. The van der Waals surface area contributed by atoms with Gasteiger partial charge >= 0.3 is 6.03 Å². The molecule has 4 atom stereocenters. The van der Waals surface area contributed by atoms with Crippen LogP contribution in [0.2, 0.25) is 0 Å². The van der Waals surface area contributed by atoms with Gasteiger partial charge in [-0.3, -0.25) is 4.90 Å². The summed E-state index contributed by atoms with van der Waals surface area (Å²) in [5.41, 5.74) is 5.99. The quantitative estimate of drug-likeness (QED) is 0.221. The van der Waals surface area contributed by atoms with E-state index >= 15 is 0 Å². The van der Waals surface area contributed by atoms with Gasteiger partial charge in [-0.15, -0.1) is 0 Å². The molecule has 0 spiro atoms. The molecule has 2 amide bonds. The third-order valence-electron chi connectivity index (χ3n) is 12.2. The lowest BCUT2D eigenvalue weighted by Crippen LogP contribution is -2.60. The smallest absolute Gasteiger partial charge is 0.319 e. The molecular formula is C41H51N3O6. The summed E-state index contributed by atoms with van der Waals surface area (Å²) < 4.78 is 24.8. The monoisotopic (exact) mass is 681 g/mol. The van der Waals surface area contributed by atoms with Gasteiger partial charge in [0.05, 0.1) is 33.0 Å². The number of fused-ring (bicyclic) bond motifs is 1. The summed E-state index contributed by atoms with van der Waals surface area (Å²) in [6, 6.07) is 20.0. The van der Waals surface area contributed by atoms with E-state index in [0.717, 1.165) is 96.9 Å². The van der Waals surface area contributed by atoms with Crippen molar-refractivity contribution in [3.05, 3.63) is 88.5 Å². The minimum atomic E-state index is -0.617. The highest BCUT2D eigenvalue weighted by Crippen LogP contribution is 2.55. The number of aliphatic hydroxyl groups excluding tert-OH is 1. The number of carbonyl (C=O) groups is 1. The highest BCUT2D eigenvalue weighted by molar-refractivity contribution is 5.90. The van der Waals surface area contributed by atoms with Crippen molar-refractivity contribution in [3.63, 3.8) is 0 Å². The summed E-state index contributed by atoms with van der Waals surface area (Å²) in [6.45, 7) is 4.64. The van der Waals surface area contributed by atoms with Crippen molar-refractivity contribution in [1.29, 1.82) is 0 Å². The van der Waals surface area contributed by atoms with E-state index in [4.69, 9.17) is 18.9 Å². The number of anilines is 1. The molecule has 3 aromatic rings. The number of carbonyl (C=O) groups excluding carboxylic acids is 1.